The Balaban J connectivity index is 1.70. The second kappa shape index (κ2) is 11.2. The molecule has 0 aliphatic carbocycles. The third-order valence-corrected chi connectivity index (χ3v) is 5.33. The lowest BCUT2D eigenvalue weighted by molar-refractivity contribution is -0.150. The Kier molecular flexibility index (Phi) is 8.14. The minimum Gasteiger partial charge on any atom is -0.481 e. The van der Waals surface area contributed by atoms with Gasteiger partial charge in [0.05, 0.1) is 24.7 Å². The Morgan fingerprint density at radius 1 is 1.17 bits per heavy atom. The maximum Gasteiger partial charge on any atom is 0.303 e. The zero-order valence-electron chi connectivity index (χ0n) is 18.9. The van der Waals surface area contributed by atoms with Crippen LogP contribution in [0, 0.1) is 18.3 Å². The van der Waals surface area contributed by atoms with E-state index >= 15 is 0 Å². The van der Waals surface area contributed by atoms with Crippen LogP contribution in [0.15, 0.2) is 42.5 Å². The summed E-state index contributed by atoms with van der Waals surface area (Å²) in [5, 5.41) is 33.2. The van der Waals surface area contributed by atoms with Crippen LogP contribution in [0.1, 0.15) is 24.0 Å². The summed E-state index contributed by atoms with van der Waals surface area (Å²) >= 11 is 0. The predicted octanol–water partition coefficient (Wildman–Crippen LogP) is 1.40. The molecular weight excluding hydrogens is 456 g/mol. The SMILES string of the molecule is Cc1ccc(N2CCOC(C(O)C(=O)Nc3ccc(C#N)cc3)C2=O)cc1NC(=O)CCC(=O)O. The number of nitrogens with zero attached hydrogens (tertiary/aromatic N) is 2. The van der Waals surface area contributed by atoms with Gasteiger partial charge in [-0.25, -0.2) is 0 Å². The van der Waals surface area contributed by atoms with Gasteiger partial charge >= 0.3 is 5.97 Å². The molecule has 2 unspecified atom stereocenters. The number of ether oxygens (including phenoxy) is 1. The number of aliphatic carboxylic acids is 1. The van der Waals surface area contributed by atoms with Gasteiger partial charge in [0.2, 0.25) is 5.91 Å². The van der Waals surface area contributed by atoms with Crippen LogP contribution in [-0.4, -0.2) is 59.3 Å². The van der Waals surface area contributed by atoms with Gasteiger partial charge in [-0.3, -0.25) is 19.2 Å². The Hall–Kier alpha value is -4.27. The average molecular weight is 480 g/mol. The fraction of sp³-hybridized carbons (Fsp3) is 0.292. The summed E-state index contributed by atoms with van der Waals surface area (Å²) in [5.74, 6) is -3.04. The summed E-state index contributed by atoms with van der Waals surface area (Å²) in [6.45, 7) is 1.97. The van der Waals surface area contributed by atoms with E-state index in [4.69, 9.17) is 15.1 Å². The second-order valence-corrected chi connectivity index (χ2v) is 7.85. The van der Waals surface area contributed by atoms with Gasteiger partial charge in [0, 0.05) is 30.0 Å². The third kappa shape index (κ3) is 6.41. The van der Waals surface area contributed by atoms with Crippen molar-refractivity contribution in [1.82, 2.24) is 0 Å². The molecule has 1 heterocycles. The van der Waals surface area contributed by atoms with Gasteiger partial charge in [-0.05, 0) is 48.9 Å². The first kappa shape index (κ1) is 25.4. The molecule has 0 spiro atoms. The van der Waals surface area contributed by atoms with E-state index in [1.54, 1.807) is 25.1 Å². The molecule has 182 valence electrons. The molecule has 11 heteroatoms. The third-order valence-electron chi connectivity index (χ3n) is 5.33. The van der Waals surface area contributed by atoms with Crippen LogP contribution in [0.5, 0.6) is 0 Å². The number of carboxylic acid groups (broad SMARTS) is 1. The van der Waals surface area contributed by atoms with Crippen molar-refractivity contribution in [3.8, 4) is 6.07 Å². The highest BCUT2D eigenvalue weighted by Crippen LogP contribution is 2.26. The monoisotopic (exact) mass is 480 g/mol. The molecule has 0 aromatic heterocycles. The van der Waals surface area contributed by atoms with Crippen molar-refractivity contribution in [3.05, 3.63) is 53.6 Å². The molecule has 0 radical (unpaired) electrons. The molecule has 35 heavy (non-hydrogen) atoms. The number of carbonyl (C=O) groups is 4. The Morgan fingerprint density at radius 3 is 2.54 bits per heavy atom. The van der Waals surface area contributed by atoms with Crippen molar-refractivity contribution >= 4 is 40.8 Å². The first-order valence-corrected chi connectivity index (χ1v) is 10.7. The number of carbonyl (C=O) groups excluding carboxylic acids is 3. The predicted molar refractivity (Wildman–Crippen MR) is 125 cm³/mol. The number of morpholine rings is 1. The Bertz CT molecular complexity index is 1170. The highest BCUT2D eigenvalue weighted by Gasteiger charge is 2.39. The molecule has 3 rings (SSSR count). The lowest BCUT2D eigenvalue weighted by atomic mass is 10.1. The summed E-state index contributed by atoms with van der Waals surface area (Å²) in [5.41, 5.74) is 2.28. The number of hydrogen-bond acceptors (Lipinski definition) is 7. The molecule has 3 amide bonds. The smallest absolute Gasteiger partial charge is 0.303 e. The molecule has 1 fully saturated rings. The number of nitrogens with one attached hydrogen (secondary N) is 2. The zero-order valence-corrected chi connectivity index (χ0v) is 18.9. The molecule has 1 aliphatic heterocycles. The van der Waals surface area contributed by atoms with Crippen molar-refractivity contribution in [2.24, 2.45) is 0 Å². The minimum absolute atomic E-state index is 0.0613. The summed E-state index contributed by atoms with van der Waals surface area (Å²) < 4.78 is 5.40. The van der Waals surface area contributed by atoms with Crippen LogP contribution in [0.2, 0.25) is 0 Å². The maximum absolute atomic E-state index is 13.1. The van der Waals surface area contributed by atoms with E-state index in [1.165, 1.54) is 29.2 Å². The summed E-state index contributed by atoms with van der Waals surface area (Å²) in [4.78, 5) is 49.7. The number of nitriles is 1. The largest absolute Gasteiger partial charge is 0.481 e. The molecule has 1 aliphatic rings. The van der Waals surface area contributed by atoms with Crippen molar-refractivity contribution in [2.45, 2.75) is 32.0 Å². The maximum atomic E-state index is 13.1. The fourth-order valence-electron chi connectivity index (χ4n) is 3.42. The van der Waals surface area contributed by atoms with Crippen molar-refractivity contribution in [1.29, 1.82) is 5.26 Å². The zero-order chi connectivity index (χ0) is 25.5. The quantitative estimate of drug-likeness (QED) is 0.439. The van der Waals surface area contributed by atoms with Crippen molar-refractivity contribution in [3.63, 3.8) is 0 Å². The first-order valence-electron chi connectivity index (χ1n) is 10.7. The van der Waals surface area contributed by atoms with Gasteiger partial charge in [-0.2, -0.15) is 5.26 Å². The van der Waals surface area contributed by atoms with E-state index in [0.717, 1.165) is 0 Å². The number of hydrogen-bond donors (Lipinski definition) is 4. The molecule has 2 aromatic carbocycles. The lowest BCUT2D eigenvalue weighted by Gasteiger charge is -2.34. The van der Waals surface area contributed by atoms with Crippen molar-refractivity contribution in [2.75, 3.05) is 28.7 Å². The van der Waals surface area contributed by atoms with Gasteiger partial charge in [0.25, 0.3) is 11.8 Å². The van der Waals surface area contributed by atoms with Gasteiger partial charge in [-0.1, -0.05) is 6.07 Å². The van der Waals surface area contributed by atoms with Crippen LogP contribution >= 0.6 is 0 Å². The second-order valence-electron chi connectivity index (χ2n) is 7.85. The fourth-order valence-corrected chi connectivity index (χ4v) is 3.42. The molecule has 0 saturated carbocycles. The number of rotatable bonds is 8. The topological polar surface area (TPSA) is 169 Å². The standard InChI is InChI=1S/C24H24N4O7/c1-14-2-7-17(12-18(14)27-19(29)8-9-20(30)31)28-10-11-35-22(24(28)34)21(32)23(33)26-16-5-3-15(13-25)4-6-16/h2-7,12,21-22,32H,8-11H2,1H3,(H,26,33)(H,27,29)(H,30,31). The van der Waals surface area contributed by atoms with E-state index in [1.807, 2.05) is 6.07 Å². The molecule has 11 nitrogen and oxygen atoms in total. The number of benzene rings is 2. The normalized spacial score (nSPS) is 16.2. The van der Waals surface area contributed by atoms with Crippen LogP contribution in [-0.2, 0) is 23.9 Å². The van der Waals surface area contributed by atoms with E-state index in [2.05, 4.69) is 10.6 Å². The van der Waals surface area contributed by atoms with Gasteiger partial charge in [-0.15, -0.1) is 0 Å². The minimum atomic E-state index is -1.79. The first-order chi connectivity index (χ1) is 16.7. The number of aryl methyl sites for hydroxylation is 1. The van der Waals surface area contributed by atoms with E-state index in [-0.39, 0.29) is 26.0 Å². The number of amides is 3. The Morgan fingerprint density at radius 2 is 1.89 bits per heavy atom. The van der Waals surface area contributed by atoms with E-state index in [9.17, 15) is 24.3 Å². The van der Waals surface area contributed by atoms with Crippen LogP contribution in [0.4, 0.5) is 17.1 Å². The lowest BCUT2D eigenvalue weighted by Crippen LogP contribution is -2.55. The van der Waals surface area contributed by atoms with Gasteiger partial charge in [0.1, 0.15) is 0 Å². The number of carboxylic acids is 1. The van der Waals surface area contributed by atoms with Crippen LogP contribution < -0.4 is 15.5 Å². The van der Waals surface area contributed by atoms with Crippen LogP contribution in [0.3, 0.4) is 0 Å². The molecule has 2 aromatic rings. The number of aliphatic hydroxyl groups excluding tert-OH is 1. The van der Waals surface area contributed by atoms with E-state index < -0.39 is 35.9 Å². The number of aliphatic hydroxyl groups is 1. The molecule has 4 N–H and O–H groups in total. The molecule has 0 bridgehead atoms. The highest BCUT2D eigenvalue weighted by molar-refractivity contribution is 6.04. The Labute approximate surface area is 200 Å². The summed E-state index contributed by atoms with van der Waals surface area (Å²) in [7, 11) is 0. The molecular formula is C24H24N4O7. The highest BCUT2D eigenvalue weighted by atomic mass is 16.5. The van der Waals surface area contributed by atoms with Crippen LogP contribution in [0.25, 0.3) is 0 Å². The van der Waals surface area contributed by atoms with E-state index in [0.29, 0.717) is 28.2 Å². The summed E-state index contributed by atoms with van der Waals surface area (Å²) in [6, 6.07) is 12.9. The molecule has 2 atom stereocenters. The number of anilines is 3. The average Bonchev–Trinajstić information content (AvgIpc) is 2.84. The summed E-state index contributed by atoms with van der Waals surface area (Å²) in [6.07, 6.45) is -3.74. The molecule has 1 saturated heterocycles. The van der Waals surface area contributed by atoms with Gasteiger partial charge < -0.3 is 30.5 Å². The van der Waals surface area contributed by atoms with Crippen molar-refractivity contribution < 1.29 is 34.1 Å². The van der Waals surface area contributed by atoms with Gasteiger partial charge in [0.15, 0.2) is 12.2 Å².